The van der Waals surface area contributed by atoms with Gasteiger partial charge in [0.15, 0.2) is 5.78 Å². The lowest BCUT2D eigenvalue weighted by Gasteiger charge is -2.01. The first kappa shape index (κ1) is 14.5. The maximum Gasteiger partial charge on any atom is 0.305 e. The van der Waals surface area contributed by atoms with Crippen LogP contribution in [0.5, 0.6) is 0 Å². The van der Waals surface area contributed by atoms with Gasteiger partial charge in [-0.2, -0.15) is 0 Å². The van der Waals surface area contributed by atoms with Gasteiger partial charge >= 0.3 is 5.97 Å². The number of methoxy groups -OCH3 is 1. The van der Waals surface area contributed by atoms with Crippen LogP contribution in [-0.2, 0) is 9.53 Å². The minimum Gasteiger partial charge on any atom is -0.469 e. The molecule has 1 aromatic carbocycles. The molecule has 1 rings (SSSR count). The van der Waals surface area contributed by atoms with E-state index in [2.05, 4.69) is 4.74 Å². The zero-order chi connectivity index (χ0) is 13.4. The van der Waals surface area contributed by atoms with Crippen molar-refractivity contribution in [2.75, 3.05) is 13.0 Å². The molecule has 4 heteroatoms. The van der Waals surface area contributed by atoms with Crippen LogP contribution < -0.4 is 0 Å². The summed E-state index contributed by atoms with van der Waals surface area (Å²) in [5.41, 5.74) is 1.59. The van der Waals surface area contributed by atoms with Crippen LogP contribution in [0.4, 0.5) is 0 Å². The summed E-state index contributed by atoms with van der Waals surface area (Å²) in [6.45, 7) is 0. The van der Waals surface area contributed by atoms with Crippen molar-refractivity contribution in [1.82, 2.24) is 0 Å². The van der Waals surface area contributed by atoms with Crippen molar-refractivity contribution in [2.24, 2.45) is 0 Å². The first-order chi connectivity index (χ1) is 8.67. The Bertz CT molecular complexity index is 435. The minimum absolute atomic E-state index is 0.0618. The van der Waals surface area contributed by atoms with Crippen molar-refractivity contribution in [3.8, 4) is 0 Å². The Kier molecular flexibility index (Phi) is 6.15. The van der Waals surface area contributed by atoms with Gasteiger partial charge in [-0.15, -0.1) is 11.6 Å². The van der Waals surface area contributed by atoms with Crippen LogP contribution in [0.3, 0.4) is 0 Å². The molecule has 0 amide bonds. The number of hydrogen-bond acceptors (Lipinski definition) is 3. The lowest BCUT2D eigenvalue weighted by atomic mass is 10.0. The molecule has 3 nitrogen and oxygen atoms in total. The number of Topliss-reactive ketones (excluding diaryl/α,β-unsaturated/α-hetero) is 1. The van der Waals surface area contributed by atoms with E-state index in [-0.39, 0.29) is 24.6 Å². The zero-order valence-corrected chi connectivity index (χ0v) is 10.9. The summed E-state index contributed by atoms with van der Waals surface area (Å²) in [6.07, 6.45) is 4.00. The topological polar surface area (TPSA) is 43.4 Å². The van der Waals surface area contributed by atoms with E-state index < -0.39 is 0 Å². The molecule has 96 valence electrons. The van der Waals surface area contributed by atoms with Gasteiger partial charge in [0.2, 0.25) is 0 Å². The summed E-state index contributed by atoms with van der Waals surface area (Å²) >= 11 is 5.53. The summed E-state index contributed by atoms with van der Waals surface area (Å²) in [6, 6.07) is 7.17. The van der Waals surface area contributed by atoms with Gasteiger partial charge in [-0.1, -0.05) is 36.4 Å². The average Bonchev–Trinajstić information content (AvgIpc) is 2.42. The molecule has 0 saturated carbocycles. The number of esters is 1. The molecule has 0 bridgehead atoms. The first-order valence-corrected chi connectivity index (χ1v) is 6.13. The smallest absolute Gasteiger partial charge is 0.305 e. The number of carbonyl (C=O) groups excluding carboxylic acids is 2. The van der Waals surface area contributed by atoms with E-state index in [0.29, 0.717) is 11.4 Å². The van der Waals surface area contributed by atoms with Crippen molar-refractivity contribution in [1.29, 1.82) is 0 Å². The normalized spacial score (nSPS) is 10.6. The Balaban J connectivity index is 2.59. The summed E-state index contributed by atoms with van der Waals surface area (Å²) in [7, 11) is 1.31. The van der Waals surface area contributed by atoms with E-state index >= 15 is 0 Å². The second-order valence-corrected chi connectivity index (χ2v) is 3.99. The van der Waals surface area contributed by atoms with E-state index in [9.17, 15) is 9.59 Å². The predicted molar refractivity (Wildman–Crippen MR) is 71.8 cm³/mol. The van der Waals surface area contributed by atoms with Crippen LogP contribution in [0.25, 0.3) is 6.08 Å². The fourth-order valence-corrected chi connectivity index (χ4v) is 1.51. The number of allylic oxidation sites excluding steroid dienone is 1. The van der Waals surface area contributed by atoms with E-state index in [1.54, 1.807) is 12.1 Å². The average molecular weight is 267 g/mol. The number of ether oxygens (including phenoxy) is 1. The molecule has 0 aliphatic carbocycles. The highest BCUT2D eigenvalue weighted by atomic mass is 35.5. The third-order valence-electron chi connectivity index (χ3n) is 2.42. The van der Waals surface area contributed by atoms with Crippen molar-refractivity contribution in [3.63, 3.8) is 0 Å². The molecule has 0 N–H and O–H groups in total. The number of carbonyl (C=O) groups is 2. The van der Waals surface area contributed by atoms with Crippen LogP contribution in [0.1, 0.15) is 28.8 Å². The van der Waals surface area contributed by atoms with Gasteiger partial charge in [0, 0.05) is 17.9 Å². The van der Waals surface area contributed by atoms with Crippen LogP contribution in [0.15, 0.2) is 30.3 Å². The fraction of sp³-hybridized carbons (Fsp3) is 0.286. The Morgan fingerprint density at radius 3 is 2.44 bits per heavy atom. The second kappa shape index (κ2) is 7.67. The number of halogens is 1. The molecule has 0 saturated heterocycles. The number of ketones is 1. The van der Waals surface area contributed by atoms with Gasteiger partial charge in [-0.05, 0) is 5.56 Å². The van der Waals surface area contributed by atoms with Gasteiger partial charge < -0.3 is 4.74 Å². The van der Waals surface area contributed by atoms with Gasteiger partial charge in [0.1, 0.15) is 0 Å². The molecule has 0 aliphatic heterocycles. The maximum absolute atomic E-state index is 11.7. The Hall–Kier alpha value is -1.61. The Morgan fingerprint density at radius 2 is 1.89 bits per heavy atom. The molecule has 0 radical (unpaired) electrons. The summed E-state index contributed by atoms with van der Waals surface area (Å²) in [4.78, 5) is 22.7. The van der Waals surface area contributed by atoms with Gasteiger partial charge in [-0.3, -0.25) is 9.59 Å². The highest BCUT2D eigenvalue weighted by Gasteiger charge is 2.08. The van der Waals surface area contributed by atoms with Gasteiger partial charge in [0.05, 0.1) is 13.5 Å². The number of benzene rings is 1. The number of hydrogen-bond donors (Lipinski definition) is 0. The van der Waals surface area contributed by atoms with Crippen molar-refractivity contribution in [2.45, 2.75) is 12.8 Å². The van der Waals surface area contributed by atoms with E-state index in [1.807, 2.05) is 24.3 Å². The maximum atomic E-state index is 11.7. The van der Waals surface area contributed by atoms with Crippen LogP contribution in [-0.4, -0.2) is 24.7 Å². The van der Waals surface area contributed by atoms with E-state index in [0.717, 1.165) is 5.56 Å². The molecule has 0 atom stereocenters. The number of alkyl halides is 1. The summed E-state index contributed by atoms with van der Waals surface area (Å²) in [5.74, 6) is 0.0260. The molecule has 18 heavy (non-hydrogen) atoms. The fourth-order valence-electron chi connectivity index (χ4n) is 1.42. The predicted octanol–water partition coefficient (Wildman–Crippen LogP) is 3.07. The molecule has 0 heterocycles. The lowest BCUT2D eigenvalue weighted by molar-refractivity contribution is -0.140. The quantitative estimate of drug-likeness (QED) is 0.451. The van der Waals surface area contributed by atoms with E-state index in [4.69, 9.17) is 11.6 Å². The van der Waals surface area contributed by atoms with Crippen molar-refractivity contribution < 1.29 is 14.3 Å². The Labute approximate surface area is 111 Å². The largest absolute Gasteiger partial charge is 0.469 e. The highest BCUT2D eigenvalue weighted by Crippen LogP contribution is 2.10. The van der Waals surface area contributed by atoms with Crippen LogP contribution >= 0.6 is 11.6 Å². The molecule has 0 unspecified atom stereocenters. The molecule has 0 spiro atoms. The van der Waals surface area contributed by atoms with Gasteiger partial charge in [0.25, 0.3) is 0 Å². The van der Waals surface area contributed by atoms with Crippen LogP contribution in [0, 0.1) is 0 Å². The minimum atomic E-state index is -0.370. The molecular formula is C14H15ClO3. The number of rotatable bonds is 6. The summed E-state index contributed by atoms with van der Waals surface area (Å²) < 4.78 is 4.49. The lowest BCUT2D eigenvalue weighted by Crippen LogP contribution is -2.05. The highest BCUT2D eigenvalue weighted by molar-refractivity contribution is 6.19. The van der Waals surface area contributed by atoms with Crippen molar-refractivity contribution in [3.05, 3.63) is 41.5 Å². The molecule has 1 aromatic rings. The van der Waals surface area contributed by atoms with E-state index in [1.165, 1.54) is 7.11 Å². The zero-order valence-electron chi connectivity index (χ0n) is 10.2. The monoisotopic (exact) mass is 266 g/mol. The standard InChI is InChI=1S/C14H15ClO3/c1-18-14(17)9-8-13(16)12-6-4-11(5-7-12)3-2-10-15/h2-7H,8-10H2,1H3. The third kappa shape index (κ3) is 4.72. The molecule has 0 fully saturated rings. The summed E-state index contributed by atoms with van der Waals surface area (Å²) in [5, 5.41) is 0. The molecule has 0 aliphatic rings. The first-order valence-electron chi connectivity index (χ1n) is 5.60. The SMILES string of the molecule is COC(=O)CCC(=O)c1ccc(C=CCCl)cc1. The molecule has 0 aromatic heterocycles. The van der Waals surface area contributed by atoms with Crippen molar-refractivity contribution >= 4 is 29.4 Å². The Morgan fingerprint density at radius 1 is 1.22 bits per heavy atom. The third-order valence-corrected chi connectivity index (χ3v) is 2.59. The second-order valence-electron chi connectivity index (χ2n) is 3.68. The molecular weight excluding hydrogens is 252 g/mol. The van der Waals surface area contributed by atoms with Crippen LogP contribution in [0.2, 0.25) is 0 Å². The van der Waals surface area contributed by atoms with Gasteiger partial charge in [-0.25, -0.2) is 0 Å².